The van der Waals surface area contributed by atoms with Gasteiger partial charge in [-0.2, -0.15) is 0 Å². The van der Waals surface area contributed by atoms with Gasteiger partial charge in [0.2, 0.25) is 0 Å². The van der Waals surface area contributed by atoms with Crippen molar-refractivity contribution < 1.29 is 9.53 Å². The van der Waals surface area contributed by atoms with E-state index in [0.717, 1.165) is 38.8 Å². The molecule has 0 amide bonds. The van der Waals surface area contributed by atoms with Crippen molar-refractivity contribution in [3.63, 3.8) is 0 Å². The Balaban J connectivity index is 2.71. The Morgan fingerprint density at radius 1 is 1.38 bits per heavy atom. The van der Waals surface area contributed by atoms with E-state index in [4.69, 9.17) is 4.74 Å². The first kappa shape index (κ1) is 18.4. The van der Waals surface area contributed by atoms with E-state index in [1.54, 1.807) is 0 Å². The highest BCUT2D eigenvalue weighted by Crippen LogP contribution is 2.39. The fourth-order valence-electron chi connectivity index (χ4n) is 3.77. The van der Waals surface area contributed by atoms with Gasteiger partial charge in [0.1, 0.15) is 5.54 Å². The molecular weight excluding hydrogens is 264 g/mol. The molecule has 0 bridgehead atoms. The van der Waals surface area contributed by atoms with Gasteiger partial charge < -0.3 is 9.64 Å². The number of carbonyl (C=O) groups excluding carboxylic acids is 1. The van der Waals surface area contributed by atoms with Crippen molar-refractivity contribution in [3.8, 4) is 0 Å². The molecule has 21 heavy (non-hydrogen) atoms. The summed E-state index contributed by atoms with van der Waals surface area (Å²) in [6.45, 7) is 10.8. The molecule has 0 spiro atoms. The molecule has 0 aliphatic heterocycles. The number of methoxy groups -OCH3 is 1. The number of nitrogens with zero attached hydrogens (tertiary/aromatic N) is 1. The average Bonchev–Trinajstić information content (AvgIpc) is 2.77. The molecule has 4 nitrogen and oxygen atoms in total. The highest BCUT2D eigenvalue weighted by Gasteiger charge is 2.49. The van der Waals surface area contributed by atoms with Gasteiger partial charge in [0, 0.05) is 12.6 Å². The Kier molecular flexibility index (Phi) is 7.14. The second-order valence-electron chi connectivity index (χ2n) is 7.30. The van der Waals surface area contributed by atoms with E-state index in [2.05, 4.69) is 45.0 Å². The van der Waals surface area contributed by atoms with Crippen molar-refractivity contribution in [2.45, 2.75) is 65.0 Å². The summed E-state index contributed by atoms with van der Waals surface area (Å²) in [7, 11) is 3.68. The van der Waals surface area contributed by atoms with Crippen molar-refractivity contribution in [3.05, 3.63) is 0 Å². The van der Waals surface area contributed by atoms with Crippen molar-refractivity contribution in [1.29, 1.82) is 0 Å². The monoisotopic (exact) mass is 298 g/mol. The minimum absolute atomic E-state index is 0.0785. The minimum atomic E-state index is -0.471. The van der Waals surface area contributed by atoms with Crippen LogP contribution in [0.15, 0.2) is 0 Å². The Labute approximate surface area is 130 Å². The van der Waals surface area contributed by atoms with Crippen molar-refractivity contribution in [1.82, 2.24) is 10.2 Å². The summed E-state index contributed by atoms with van der Waals surface area (Å²) in [5, 5.41) is 3.53. The highest BCUT2D eigenvalue weighted by molar-refractivity contribution is 5.81. The Bertz CT molecular complexity index is 331. The molecule has 4 heteroatoms. The molecule has 1 fully saturated rings. The van der Waals surface area contributed by atoms with Gasteiger partial charge in [0.25, 0.3) is 0 Å². The predicted octanol–water partition coefficient (Wildman–Crippen LogP) is 2.67. The molecule has 2 unspecified atom stereocenters. The summed E-state index contributed by atoms with van der Waals surface area (Å²) >= 11 is 0. The molecule has 1 N–H and O–H groups in total. The zero-order chi connectivity index (χ0) is 16.0. The van der Waals surface area contributed by atoms with Crippen LogP contribution in [0.4, 0.5) is 0 Å². The number of ether oxygens (including phenoxy) is 1. The molecule has 0 aromatic heterocycles. The lowest BCUT2D eigenvalue weighted by atomic mass is 9.83. The summed E-state index contributed by atoms with van der Waals surface area (Å²) < 4.78 is 5.12. The summed E-state index contributed by atoms with van der Waals surface area (Å²) in [6, 6.07) is 0.290. The molecule has 1 rings (SSSR count). The Morgan fingerprint density at radius 2 is 2.05 bits per heavy atom. The van der Waals surface area contributed by atoms with Crippen LogP contribution in [0.3, 0.4) is 0 Å². The maximum Gasteiger partial charge on any atom is 0.326 e. The molecule has 0 radical (unpaired) electrons. The maximum atomic E-state index is 12.4. The van der Waals surface area contributed by atoms with E-state index in [0.29, 0.717) is 11.8 Å². The highest BCUT2D eigenvalue weighted by atomic mass is 16.5. The average molecular weight is 298 g/mol. The van der Waals surface area contributed by atoms with Gasteiger partial charge in [0.05, 0.1) is 7.11 Å². The second-order valence-corrected chi connectivity index (χ2v) is 7.30. The SMILES string of the molecule is COC(=O)C1(NC(C)C)CCCC1CCN(C)CC(C)C. The van der Waals surface area contributed by atoms with Crippen LogP contribution in [0.5, 0.6) is 0 Å². The summed E-state index contributed by atoms with van der Waals surface area (Å²) in [5.41, 5.74) is -0.471. The maximum absolute atomic E-state index is 12.4. The largest absolute Gasteiger partial charge is 0.468 e. The van der Waals surface area contributed by atoms with Gasteiger partial charge in [-0.3, -0.25) is 10.1 Å². The topological polar surface area (TPSA) is 41.6 Å². The molecular formula is C17H34N2O2. The van der Waals surface area contributed by atoms with Crippen LogP contribution in [-0.2, 0) is 9.53 Å². The number of nitrogens with one attached hydrogen (secondary N) is 1. The van der Waals surface area contributed by atoms with E-state index in [-0.39, 0.29) is 12.0 Å². The first-order valence-electron chi connectivity index (χ1n) is 8.36. The number of rotatable bonds is 8. The van der Waals surface area contributed by atoms with Crippen LogP contribution in [0.2, 0.25) is 0 Å². The summed E-state index contributed by atoms with van der Waals surface area (Å²) in [4.78, 5) is 14.8. The molecule has 1 aliphatic rings. The van der Waals surface area contributed by atoms with Crippen LogP contribution in [0, 0.1) is 11.8 Å². The number of hydrogen-bond acceptors (Lipinski definition) is 4. The molecule has 124 valence electrons. The van der Waals surface area contributed by atoms with Crippen LogP contribution < -0.4 is 5.32 Å². The van der Waals surface area contributed by atoms with Crippen molar-refractivity contribution >= 4 is 5.97 Å². The van der Waals surface area contributed by atoms with Crippen molar-refractivity contribution in [2.24, 2.45) is 11.8 Å². The quantitative estimate of drug-likeness (QED) is 0.700. The molecule has 0 aromatic carbocycles. The fraction of sp³-hybridized carbons (Fsp3) is 0.941. The Hall–Kier alpha value is -0.610. The van der Waals surface area contributed by atoms with Crippen LogP contribution in [0.25, 0.3) is 0 Å². The smallest absolute Gasteiger partial charge is 0.326 e. The third-order valence-corrected chi connectivity index (χ3v) is 4.45. The molecule has 0 saturated heterocycles. The van der Waals surface area contributed by atoms with E-state index in [1.165, 1.54) is 7.11 Å². The fourth-order valence-corrected chi connectivity index (χ4v) is 3.77. The standard InChI is InChI=1S/C17H34N2O2/c1-13(2)12-19(5)11-9-15-8-7-10-17(15,16(20)21-6)18-14(3)4/h13-15,18H,7-12H2,1-6H3. The van der Waals surface area contributed by atoms with Gasteiger partial charge >= 0.3 is 5.97 Å². The zero-order valence-corrected chi connectivity index (χ0v) is 14.7. The molecule has 2 atom stereocenters. The lowest BCUT2D eigenvalue weighted by Crippen LogP contribution is -2.58. The van der Waals surface area contributed by atoms with E-state index >= 15 is 0 Å². The van der Waals surface area contributed by atoms with Gasteiger partial charge in [-0.25, -0.2) is 0 Å². The van der Waals surface area contributed by atoms with Gasteiger partial charge in [0.15, 0.2) is 0 Å². The van der Waals surface area contributed by atoms with E-state index in [1.807, 2.05) is 0 Å². The third kappa shape index (κ3) is 4.96. The van der Waals surface area contributed by atoms with E-state index in [9.17, 15) is 4.79 Å². The molecule has 1 saturated carbocycles. The Morgan fingerprint density at radius 3 is 2.57 bits per heavy atom. The first-order chi connectivity index (χ1) is 9.81. The van der Waals surface area contributed by atoms with Crippen LogP contribution in [-0.4, -0.2) is 49.7 Å². The van der Waals surface area contributed by atoms with Gasteiger partial charge in [-0.15, -0.1) is 0 Å². The molecule has 0 aromatic rings. The van der Waals surface area contributed by atoms with Crippen LogP contribution in [0.1, 0.15) is 53.4 Å². The molecule has 1 aliphatic carbocycles. The van der Waals surface area contributed by atoms with Gasteiger partial charge in [-0.1, -0.05) is 20.3 Å². The van der Waals surface area contributed by atoms with Crippen LogP contribution >= 0.6 is 0 Å². The number of hydrogen-bond donors (Lipinski definition) is 1. The predicted molar refractivity (Wildman–Crippen MR) is 87.3 cm³/mol. The lowest BCUT2D eigenvalue weighted by molar-refractivity contribution is -0.151. The summed E-state index contributed by atoms with van der Waals surface area (Å²) in [5.74, 6) is 0.977. The summed E-state index contributed by atoms with van der Waals surface area (Å²) in [6.07, 6.45) is 4.17. The third-order valence-electron chi connectivity index (χ3n) is 4.45. The normalized spacial score (nSPS) is 26.0. The number of esters is 1. The number of carbonyl (C=O) groups is 1. The first-order valence-corrected chi connectivity index (χ1v) is 8.36. The molecule has 0 heterocycles. The van der Waals surface area contributed by atoms with Crippen molar-refractivity contribution in [2.75, 3.05) is 27.2 Å². The minimum Gasteiger partial charge on any atom is -0.468 e. The zero-order valence-electron chi connectivity index (χ0n) is 14.7. The second kappa shape index (κ2) is 8.14. The lowest BCUT2D eigenvalue weighted by Gasteiger charge is -2.36. The van der Waals surface area contributed by atoms with E-state index < -0.39 is 5.54 Å². The van der Waals surface area contributed by atoms with Gasteiger partial charge in [-0.05, 0) is 58.5 Å².